The molecule has 1 aromatic heterocycles. The fraction of sp³-hybridized carbons (Fsp3) is 0.400. The summed E-state index contributed by atoms with van der Waals surface area (Å²) in [4.78, 5) is -0.472. The van der Waals surface area contributed by atoms with Crippen molar-refractivity contribution in [2.45, 2.75) is 36.8 Å². The second-order valence-electron chi connectivity index (χ2n) is 5.94. The minimum Gasteiger partial charge on any atom is -0.407 e. The van der Waals surface area contributed by atoms with E-state index in [9.17, 15) is 48.1 Å². The Morgan fingerprint density at radius 3 is 2.28 bits per heavy atom. The Hall–Kier alpha value is -2.07. The van der Waals surface area contributed by atoms with Crippen molar-refractivity contribution < 1.29 is 57.6 Å². The van der Waals surface area contributed by atoms with Gasteiger partial charge in [-0.3, -0.25) is 4.21 Å². The highest BCUT2D eigenvalue weighted by molar-refractivity contribution is 7.85. The van der Waals surface area contributed by atoms with E-state index < -0.39 is 68.9 Å². The number of nitrogens with zero attached hydrogens (tertiary/aromatic N) is 2. The van der Waals surface area contributed by atoms with Crippen molar-refractivity contribution in [1.82, 2.24) is 9.78 Å². The fourth-order valence-corrected chi connectivity index (χ4v) is 3.46. The summed E-state index contributed by atoms with van der Waals surface area (Å²) in [6.07, 6.45) is -19.6. The molecule has 1 aromatic carbocycles. The first-order chi connectivity index (χ1) is 14.4. The van der Waals surface area contributed by atoms with Crippen LogP contribution in [0.15, 0.2) is 23.2 Å². The molecule has 180 valence electrons. The number of hydrogen-bond acceptors (Lipinski definition) is 4. The molecule has 2 atom stereocenters. The number of benzene rings is 1. The van der Waals surface area contributed by atoms with Crippen molar-refractivity contribution in [1.29, 1.82) is 0 Å². The summed E-state index contributed by atoms with van der Waals surface area (Å²) < 4.78 is 146. The first-order valence-electron chi connectivity index (χ1n) is 7.86. The van der Waals surface area contributed by atoms with E-state index in [0.29, 0.717) is 23.0 Å². The molecule has 0 amide bonds. The van der Waals surface area contributed by atoms with Crippen LogP contribution in [0.25, 0.3) is 5.69 Å². The average Bonchev–Trinajstić information content (AvgIpc) is 2.91. The lowest BCUT2D eigenvalue weighted by atomic mass is 10.2. The molecule has 17 heteroatoms. The molecule has 5 nitrogen and oxygen atoms in total. The zero-order valence-electron chi connectivity index (χ0n) is 15.2. The van der Waals surface area contributed by atoms with Crippen molar-refractivity contribution in [3.63, 3.8) is 0 Å². The maximum absolute atomic E-state index is 14.3. The molecular weight excluding hydrogens is 514 g/mol. The van der Waals surface area contributed by atoms with Crippen LogP contribution >= 0.6 is 11.6 Å². The number of hydrogen-bond donors (Lipinski definition) is 0. The Balaban J connectivity index is 2.38. The third-order valence-corrected chi connectivity index (χ3v) is 5.18. The van der Waals surface area contributed by atoms with Crippen LogP contribution in [0.4, 0.5) is 43.9 Å². The predicted octanol–water partition coefficient (Wildman–Crippen LogP) is 5.45. The molecule has 2 aromatic rings. The maximum Gasteiger partial charge on any atom is 0.525 e. The molecule has 0 N–H and O–H groups in total. The molecule has 0 aliphatic carbocycles. The summed E-state index contributed by atoms with van der Waals surface area (Å²) in [5.74, 6) is -4.30. The molecular formula is C15H9ClF10N2O3S. The molecule has 32 heavy (non-hydrogen) atoms. The molecule has 0 saturated heterocycles. The van der Waals surface area contributed by atoms with Crippen LogP contribution in [0, 0.1) is 12.7 Å². The molecule has 2 rings (SSSR count). The Morgan fingerprint density at radius 1 is 1.16 bits per heavy atom. The number of aryl methyl sites for hydroxylation is 1. The van der Waals surface area contributed by atoms with Gasteiger partial charge in [0.25, 0.3) is 5.88 Å². The van der Waals surface area contributed by atoms with Crippen LogP contribution in [0.3, 0.4) is 0 Å². The summed E-state index contributed by atoms with van der Waals surface area (Å²) in [5, 5.41) is 2.37. The number of alkyl halides is 9. The smallest absolute Gasteiger partial charge is 0.407 e. The van der Waals surface area contributed by atoms with Gasteiger partial charge in [0.1, 0.15) is 22.3 Å². The lowest BCUT2D eigenvalue weighted by Gasteiger charge is -2.21. The molecule has 0 radical (unpaired) electrons. The van der Waals surface area contributed by atoms with Crippen LogP contribution in [0.5, 0.6) is 5.88 Å². The van der Waals surface area contributed by atoms with E-state index in [-0.39, 0.29) is 5.56 Å². The molecule has 1 heterocycles. The zero-order chi connectivity index (χ0) is 24.6. The Bertz CT molecular complexity index is 1010. The van der Waals surface area contributed by atoms with Crippen LogP contribution in [-0.2, 0) is 15.5 Å². The van der Waals surface area contributed by atoms with Crippen LogP contribution in [0.1, 0.15) is 5.56 Å². The summed E-state index contributed by atoms with van der Waals surface area (Å²) >= 11 is 5.55. The zero-order valence-corrected chi connectivity index (χ0v) is 16.8. The van der Waals surface area contributed by atoms with E-state index >= 15 is 0 Å². The van der Waals surface area contributed by atoms with Gasteiger partial charge >= 0.3 is 25.0 Å². The van der Waals surface area contributed by atoms with Crippen molar-refractivity contribution in [2.75, 3.05) is 5.75 Å². The summed E-state index contributed by atoms with van der Waals surface area (Å²) in [6.45, 7) is 1.16. The van der Waals surface area contributed by atoms with Crippen molar-refractivity contribution in [3.8, 4) is 11.6 Å². The molecule has 0 aliphatic heterocycles. The third-order valence-electron chi connectivity index (χ3n) is 3.40. The van der Waals surface area contributed by atoms with Crippen LogP contribution < -0.4 is 4.74 Å². The minimum absolute atomic E-state index is 0.139. The molecule has 0 saturated carbocycles. The number of aromatic nitrogens is 2. The number of ether oxygens (including phenoxy) is 2. The number of rotatable bonds is 7. The summed E-state index contributed by atoms with van der Waals surface area (Å²) in [6, 6.07) is 1.35. The van der Waals surface area contributed by atoms with E-state index in [1.54, 1.807) is 0 Å². The number of halogens is 11. The van der Waals surface area contributed by atoms with Gasteiger partial charge < -0.3 is 4.74 Å². The minimum atomic E-state index is -5.77. The van der Waals surface area contributed by atoms with Gasteiger partial charge in [-0.15, -0.1) is 18.3 Å². The highest BCUT2D eigenvalue weighted by Gasteiger charge is 2.51. The van der Waals surface area contributed by atoms with Crippen molar-refractivity contribution in [2.24, 2.45) is 0 Å². The van der Waals surface area contributed by atoms with Gasteiger partial charge in [-0.05, 0) is 24.6 Å². The first-order valence-corrected chi connectivity index (χ1v) is 9.55. The summed E-state index contributed by atoms with van der Waals surface area (Å²) in [5.41, 5.74) is -0.857. The largest absolute Gasteiger partial charge is 0.525 e. The normalized spacial score (nSPS) is 15.0. The fourth-order valence-electron chi connectivity index (χ4n) is 2.18. The maximum atomic E-state index is 14.3. The van der Waals surface area contributed by atoms with Crippen LogP contribution in [0.2, 0.25) is 5.02 Å². The van der Waals surface area contributed by atoms with Gasteiger partial charge in [-0.2, -0.15) is 22.0 Å². The predicted molar refractivity (Wildman–Crippen MR) is 88.2 cm³/mol. The van der Waals surface area contributed by atoms with Gasteiger partial charge in [-0.1, -0.05) is 11.6 Å². The average molecular weight is 523 g/mol. The topological polar surface area (TPSA) is 53.4 Å². The second kappa shape index (κ2) is 9.05. The van der Waals surface area contributed by atoms with Gasteiger partial charge in [-0.25, -0.2) is 18.2 Å². The van der Waals surface area contributed by atoms with Gasteiger partial charge in [0.2, 0.25) is 0 Å². The quantitative estimate of drug-likeness (QED) is 0.454. The second-order valence-corrected chi connectivity index (χ2v) is 7.77. The molecule has 2 unspecified atom stereocenters. The van der Waals surface area contributed by atoms with Crippen molar-refractivity contribution >= 4 is 22.4 Å². The standard InChI is InChI=1S/C15H9ClF10N2O3S/c1-6-2-8(17)9(3-10(6)32(29)5-13(19,20)21)28-4-7(16)11(27-28)30-14(22,23)12(18)31-15(24,25)26/h2-4,12H,5H2,1H3. The molecule has 0 bridgehead atoms. The van der Waals surface area contributed by atoms with E-state index in [0.717, 1.165) is 6.92 Å². The highest BCUT2D eigenvalue weighted by Crippen LogP contribution is 2.35. The monoisotopic (exact) mass is 522 g/mol. The lowest BCUT2D eigenvalue weighted by Crippen LogP contribution is -2.41. The Kier molecular flexibility index (Phi) is 7.41. The van der Waals surface area contributed by atoms with Gasteiger partial charge in [0.05, 0.1) is 17.0 Å². The van der Waals surface area contributed by atoms with E-state index in [1.165, 1.54) is 0 Å². The van der Waals surface area contributed by atoms with Crippen LogP contribution in [-0.4, -0.2) is 44.7 Å². The van der Waals surface area contributed by atoms with Gasteiger partial charge in [0, 0.05) is 4.90 Å². The van der Waals surface area contributed by atoms with Crippen molar-refractivity contribution in [3.05, 3.63) is 34.7 Å². The van der Waals surface area contributed by atoms with E-state index in [4.69, 9.17) is 11.6 Å². The third kappa shape index (κ3) is 6.71. The molecule has 0 spiro atoms. The molecule has 0 fully saturated rings. The Morgan fingerprint density at radius 2 is 1.75 bits per heavy atom. The van der Waals surface area contributed by atoms with E-state index in [1.807, 2.05) is 0 Å². The van der Waals surface area contributed by atoms with E-state index in [2.05, 4.69) is 14.6 Å². The SMILES string of the molecule is Cc1cc(F)c(-n2cc(Cl)c(OC(F)(F)C(F)OC(F)(F)F)n2)cc1S(=O)CC(F)(F)F. The van der Waals surface area contributed by atoms with Gasteiger partial charge in [0.15, 0.2) is 0 Å². The Labute approximate surface area is 179 Å². The first kappa shape index (κ1) is 26.2. The lowest BCUT2D eigenvalue weighted by molar-refractivity contribution is -0.411. The summed E-state index contributed by atoms with van der Waals surface area (Å²) in [7, 11) is -2.68. The highest BCUT2D eigenvalue weighted by atomic mass is 35.5. The molecule has 0 aliphatic rings.